The molecule has 0 aromatic heterocycles. The Balaban J connectivity index is 2.23. The zero-order valence-corrected chi connectivity index (χ0v) is 9.43. The number of nitrogens with zero attached hydrogens (tertiary/aromatic N) is 2. The highest BCUT2D eigenvalue weighted by molar-refractivity contribution is 5.39. The molecule has 1 aromatic carbocycles. The molecule has 85 valence electrons. The smallest absolute Gasteiger partial charge is 0.278 e. The van der Waals surface area contributed by atoms with E-state index in [4.69, 9.17) is 0 Å². The zero-order valence-electron chi connectivity index (χ0n) is 9.43. The van der Waals surface area contributed by atoms with Crippen molar-refractivity contribution in [1.82, 2.24) is 0 Å². The van der Waals surface area contributed by atoms with E-state index in [1.54, 1.807) is 12.1 Å². The van der Waals surface area contributed by atoms with Crippen LogP contribution < -0.4 is 0 Å². The third-order valence-corrected chi connectivity index (χ3v) is 3.18. The Kier molecular flexibility index (Phi) is 2.92. The van der Waals surface area contributed by atoms with Gasteiger partial charge in [0, 0.05) is 18.9 Å². The lowest BCUT2D eigenvalue weighted by Crippen LogP contribution is -2.40. The minimum atomic E-state index is -0.290. The number of hydrogen-bond donors (Lipinski definition) is 0. The molecule has 4 heteroatoms. The van der Waals surface area contributed by atoms with E-state index in [0.29, 0.717) is 0 Å². The summed E-state index contributed by atoms with van der Waals surface area (Å²) in [6.07, 6.45) is 3.37. The van der Waals surface area contributed by atoms with Gasteiger partial charge in [-0.05, 0) is 6.07 Å². The number of rotatable bonds is 3. The molecule has 0 N–H and O–H groups in total. The minimum absolute atomic E-state index is 0.244. The molecule has 1 radical (unpaired) electrons. The Morgan fingerprint density at radius 2 is 2.19 bits per heavy atom. The Morgan fingerprint density at radius 3 is 2.81 bits per heavy atom. The van der Waals surface area contributed by atoms with Crippen molar-refractivity contribution in [1.29, 1.82) is 0 Å². The fourth-order valence-electron chi connectivity index (χ4n) is 2.27. The Hall–Kier alpha value is -1.42. The van der Waals surface area contributed by atoms with Gasteiger partial charge in [-0.2, -0.15) is 0 Å². The van der Waals surface area contributed by atoms with Gasteiger partial charge in [0.15, 0.2) is 0 Å². The molecule has 1 atom stereocenters. The molecule has 0 amide bonds. The largest absolute Gasteiger partial charge is 0.322 e. The molecule has 1 saturated heterocycles. The van der Waals surface area contributed by atoms with Crippen LogP contribution in [-0.2, 0) is 6.54 Å². The first-order valence-electron chi connectivity index (χ1n) is 5.48. The van der Waals surface area contributed by atoms with E-state index in [-0.39, 0.29) is 10.6 Å². The van der Waals surface area contributed by atoms with Crippen molar-refractivity contribution in [2.45, 2.75) is 13.0 Å². The van der Waals surface area contributed by atoms with Gasteiger partial charge >= 0.3 is 0 Å². The lowest BCUT2D eigenvalue weighted by molar-refractivity contribution is -0.909. The van der Waals surface area contributed by atoms with Gasteiger partial charge in [-0.1, -0.05) is 12.1 Å². The maximum Gasteiger partial charge on any atom is 0.278 e. The van der Waals surface area contributed by atoms with Gasteiger partial charge in [-0.3, -0.25) is 10.1 Å². The van der Waals surface area contributed by atoms with Gasteiger partial charge in [0.1, 0.15) is 6.54 Å². The highest BCUT2D eigenvalue weighted by atomic mass is 16.6. The first-order chi connectivity index (χ1) is 7.61. The SMILES string of the molecule is C[N+]1(Cc2ccccc2[N+](=O)[O-])C[CH]CC1. The third-order valence-electron chi connectivity index (χ3n) is 3.18. The fourth-order valence-corrected chi connectivity index (χ4v) is 2.27. The van der Waals surface area contributed by atoms with Crippen LogP contribution in [0.1, 0.15) is 12.0 Å². The van der Waals surface area contributed by atoms with Gasteiger partial charge in [-0.15, -0.1) is 0 Å². The molecule has 2 rings (SSSR count). The van der Waals surface area contributed by atoms with Gasteiger partial charge in [0.05, 0.1) is 30.6 Å². The average molecular weight is 220 g/mol. The summed E-state index contributed by atoms with van der Waals surface area (Å²) in [5.41, 5.74) is 1.08. The molecule has 0 bridgehead atoms. The molecule has 4 nitrogen and oxygen atoms in total. The predicted molar refractivity (Wildman–Crippen MR) is 61.6 cm³/mol. The van der Waals surface area contributed by atoms with Gasteiger partial charge in [0.25, 0.3) is 5.69 Å². The van der Waals surface area contributed by atoms with Crippen LogP contribution in [0.15, 0.2) is 24.3 Å². The second-order valence-electron chi connectivity index (χ2n) is 4.65. The van der Waals surface area contributed by atoms with Crippen molar-refractivity contribution >= 4 is 5.69 Å². The van der Waals surface area contributed by atoms with E-state index in [1.165, 1.54) is 0 Å². The molecule has 0 saturated carbocycles. The summed E-state index contributed by atoms with van der Waals surface area (Å²) in [4.78, 5) is 10.6. The summed E-state index contributed by atoms with van der Waals surface area (Å²) >= 11 is 0. The van der Waals surface area contributed by atoms with Gasteiger partial charge in [0.2, 0.25) is 0 Å². The van der Waals surface area contributed by atoms with Crippen LogP contribution in [0.5, 0.6) is 0 Å². The molecular weight excluding hydrogens is 204 g/mol. The monoisotopic (exact) mass is 220 g/mol. The third kappa shape index (κ3) is 2.22. The van der Waals surface area contributed by atoms with Crippen LogP contribution in [0.3, 0.4) is 0 Å². The van der Waals surface area contributed by atoms with E-state index < -0.39 is 0 Å². The van der Waals surface area contributed by atoms with Crippen LogP contribution in [-0.4, -0.2) is 29.5 Å². The van der Waals surface area contributed by atoms with Crippen LogP contribution in [0, 0.1) is 16.5 Å². The normalized spacial score (nSPS) is 18.6. The quantitative estimate of drug-likeness (QED) is 0.445. The Morgan fingerprint density at radius 1 is 1.44 bits per heavy atom. The molecule has 1 aliphatic rings. The molecule has 1 aromatic rings. The van der Waals surface area contributed by atoms with Gasteiger partial charge in [-0.25, -0.2) is 0 Å². The van der Waals surface area contributed by atoms with E-state index in [0.717, 1.165) is 36.1 Å². The number of benzene rings is 1. The van der Waals surface area contributed by atoms with Gasteiger partial charge < -0.3 is 4.48 Å². The number of para-hydroxylation sites is 1. The zero-order chi connectivity index (χ0) is 11.6. The van der Waals surface area contributed by atoms with E-state index in [9.17, 15) is 10.1 Å². The Labute approximate surface area is 95.2 Å². The fraction of sp³-hybridized carbons (Fsp3) is 0.417. The lowest BCUT2D eigenvalue weighted by atomic mass is 10.1. The summed E-state index contributed by atoms with van der Waals surface area (Å²) in [6.45, 7) is 2.83. The van der Waals surface area contributed by atoms with Crippen molar-refractivity contribution in [3.8, 4) is 0 Å². The molecule has 16 heavy (non-hydrogen) atoms. The van der Waals surface area contributed by atoms with Crippen molar-refractivity contribution in [3.63, 3.8) is 0 Å². The highest BCUT2D eigenvalue weighted by Crippen LogP contribution is 2.25. The molecule has 1 aliphatic heterocycles. The molecular formula is C12H16N2O2+. The number of quaternary nitrogens is 1. The standard InChI is InChI=1S/C12H16N2O2/c1-14(8-4-5-9-14)10-11-6-2-3-7-12(11)13(15)16/h2-4,6-7H,5,8-10H2,1H3/q+1. The van der Waals surface area contributed by atoms with Crippen LogP contribution in [0.2, 0.25) is 0 Å². The van der Waals surface area contributed by atoms with Crippen molar-refractivity contribution in [3.05, 3.63) is 46.4 Å². The number of nitro benzene ring substituents is 1. The van der Waals surface area contributed by atoms with E-state index in [1.807, 2.05) is 12.1 Å². The molecule has 0 aliphatic carbocycles. The maximum absolute atomic E-state index is 10.9. The van der Waals surface area contributed by atoms with E-state index in [2.05, 4.69) is 13.5 Å². The average Bonchev–Trinajstić information content (AvgIpc) is 2.65. The lowest BCUT2D eigenvalue weighted by Gasteiger charge is -2.28. The summed E-state index contributed by atoms with van der Waals surface area (Å²) in [6, 6.07) is 7.03. The molecule has 0 spiro atoms. The number of likely N-dealkylation sites (tertiary alicyclic amines) is 1. The minimum Gasteiger partial charge on any atom is -0.322 e. The van der Waals surface area contributed by atoms with Crippen molar-refractivity contribution < 1.29 is 9.41 Å². The van der Waals surface area contributed by atoms with E-state index >= 15 is 0 Å². The molecule has 1 fully saturated rings. The predicted octanol–water partition coefficient (Wildman–Crippen LogP) is 2.15. The second-order valence-corrected chi connectivity index (χ2v) is 4.65. The topological polar surface area (TPSA) is 43.1 Å². The summed E-state index contributed by atoms with van der Waals surface area (Å²) in [5.74, 6) is 0. The molecule has 1 unspecified atom stereocenters. The van der Waals surface area contributed by atoms with Crippen LogP contribution in [0.25, 0.3) is 0 Å². The van der Waals surface area contributed by atoms with Crippen molar-refractivity contribution in [2.75, 3.05) is 20.1 Å². The summed E-state index contributed by atoms with van der Waals surface area (Å²) in [7, 11) is 2.15. The highest BCUT2D eigenvalue weighted by Gasteiger charge is 2.29. The maximum atomic E-state index is 10.9. The van der Waals surface area contributed by atoms with Crippen molar-refractivity contribution in [2.24, 2.45) is 0 Å². The summed E-state index contributed by atoms with van der Waals surface area (Å²) in [5, 5.41) is 10.9. The molecule has 1 heterocycles. The van der Waals surface area contributed by atoms with Crippen LogP contribution >= 0.6 is 0 Å². The summed E-state index contributed by atoms with van der Waals surface area (Å²) < 4.78 is 0.880. The number of hydrogen-bond acceptors (Lipinski definition) is 2. The number of nitro groups is 1. The first kappa shape index (κ1) is 11.1. The Bertz CT molecular complexity index is 398. The second kappa shape index (κ2) is 4.22. The van der Waals surface area contributed by atoms with Crippen LogP contribution in [0.4, 0.5) is 5.69 Å². The first-order valence-corrected chi connectivity index (χ1v) is 5.48.